The molecule has 1 fully saturated rings. The van der Waals surface area contributed by atoms with Crippen LogP contribution in [0.25, 0.3) is 0 Å². The fourth-order valence-corrected chi connectivity index (χ4v) is 2.95. The third-order valence-corrected chi connectivity index (χ3v) is 4.74. The number of carbonyl (C=O) groups excluding carboxylic acids is 2. The molecule has 2 amide bonds. The highest BCUT2D eigenvalue weighted by molar-refractivity contribution is 6.43. The predicted octanol–water partition coefficient (Wildman–Crippen LogP) is 2.70. The number of hydrogen-bond donors (Lipinski definition) is 1. The zero-order valence-corrected chi connectivity index (χ0v) is 15.9. The van der Waals surface area contributed by atoms with Gasteiger partial charge in [-0.25, -0.2) is 0 Å². The molecule has 0 bridgehead atoms. The highest BCUT2D eigenvalue weighted by Crippen LogP contribution is 2.26. The van der Waals surface area contributed by atoms with E-state index in [1.54, 1.807) is 23.1 Å². The van der Waals surface area contributed by atoms with Crippen LogP contribution >= 0.6 is 35.6 Å². The number of piperazine rings is 1. The first-order valence-corrected chi connectivity index (χ1v) is 8.46. The van der Waals surface area contributed by atoms with Crippen LogP contribution < -0.4 is 5.32 Å². The van der Waals surface area contributed by atoms with Crippen molar-refractivity contribution in [1.29, 1.82) is 0 Å². The van der Waals surface area contributed by atoms with Gasteiger partial charge >= 0.3 is 0 Å². The molecule has 1 aliphatic rings. The Hall–Kier alpha value is -1.01. The fraction of sp³-hybridized carbons (Fsp3) is 0.500. The van der Waals surface area contributed by atoms with Crippen LogP contribution in [-0.4, -0.2) is 61.4 Å². The molecule has 24 heavy (non-hydrogen) atoms. The first kappa shape index (κ1) is 21.0. The molecule has 1 aromatic carbocycles. The second kappa shape index (κ2) is 10.1. The van der Waals surface area contributed by atoms with Crippen LogP contribution in [0.15, 0.2) is 18.2 Å². The summed E-state index contributed by atoms with van der Waals surface area (Å²) >= 11 is 12.1. The lowest BCUT2D eigenvalue weighted by Gasteiger charge is -2.35. The molecule has 0 saturated carbocycles. The Labute approximate surface area is 158 Å². The third-order valence-electron chi connectivity index (χ3n) is 3.92. The molecular formula is C16H22Cl3N3O2. The van der Waals surface area contributed by atoms with E-state index in [1.165, 1.54) is 0 Å². The quantitative estimate of drug-likeness (QED) is 0.781. The average Bonchev–Trinajstić information content (AvgIpc) is 2.57. The molecule has 0 aromatic heterocycles. The Morgan fingerprint density at radius 2 is 1.75 bits per heavy atom. The van der Waals surface area contributed by atoms with Crippen LogP contribution in [-0.2, 0) is 4.79 Å². The summed E-state index contributed by atoms with van der Waals surface area (Å²) in [7, 11) is 1.87. The Balaban J connectivity index is 0.00000288. The lowest BCUT2D eigenvalue weighted by atomic mass is 10.1. The van der Waals surface area contributed by atoms with Crippen molar-refractivity contribution in [2.75, 3.05) is 39.8 Å². The standard InChI is InChI=1S/C16H21Cl2N3O2.ClH/c1-19-7-3-6-14(22)20-8-10-21(11-9-20)16(23)12-4-2-5-13(17)15(12)18;/h2,4-5,19H,3,6-11H2,1H3;1H. The molecule has 1 saturated heterocycles. The van der Waals surface area contributed by atoms with Gasteiger partial charge in [-0.3, -0.25) is 9.59 Å². The van der Waals surface area contributed by atoms with E-state index in [0.717, 1.165) is 13.0 Å². The highest BCUT2D eigenvalue weighted by atomic mass is 35.5. The van der Waals surface area contributed by atoms with E-state index < -0.39 is 0 Å². The van der Waals surface area contributed by atoms with E-state index in [1.807, 2.05) is 11.9 Å². The van der Waals surface area contributed by atoms with Gasteiger partial charge in [0, 0.05) is 32.6 Å². The van der Waals surface area contributed by atoms with Gasteiger partial charge in [0.05, 0.1) is 15.6 Å². The lowest BCUT2D eigenvalue weighted by molar-refractivity contribution is -0.132. The highest BCUT2D eigenvalue weighted by Gasteiger charge is 2.26. The van der Waals surface area contributed by atoms with Crippen LogP contribution in [0.1, 0.15) is 23.2 Å². The zero-order valence-electron chi connectivity index (χ0n) is 13.6. The summed E-state index contributed by atoms with van der Waals surface area (Å²) in [5.74, 6) is 0.00733. The monoisotopic (exact) mass is 393 g/mol. The van der Waals surface area contributed by atoms with Crippen LogP contribution in [0.4, 0.5) is 0 Å². The first-order valence-electron chi connectivity index (χ1n) is 7.70. The minimum Gasteiger partial charge on any atom is -0.339 e. The van der Waals surface area contributed by atoms with Crippen molar-refractivity contribution in [2.24, 2.45) is 0 Å². The molecule has 0 radical (unpaired) electrons. The van der Waals surface area contributed by atoms with E-state index in [0.29, 0.717) is 43.2 Å². The Kier molecular flexibility index (Phi) is 8.84. The number of amides is 2. The predicted molar refractivity (Wildman–Crippen MR) is 99.4 cm³/mol. The maximum absolute atomic E-state index is 12.5. The third kappa shape index (κ3) is 5.24. The smallest absolute Gasteiger partial charge is 0.255 e. The molecule has 0 atom stereocenters. The van der Waals surface area contributed by atoms with Crippen molar-refractivity contribution in [1.82, 2.24) is 15.1 Å². The minimum atomic E-state index is -0.139. The Morgan fingerprint density at radius 3 is 2.38 bits per heavy atom. The van der Waals surface area contributed by atoms with Gasteiger partial charge < -0.3 is 15.1 Å². The Bertz CT molecular complexity index is 576. The van der Waals surface area contributed by atoms with E-state index >= 15 is 0 Å². The van der Waals surface area contributed by atoms with Gasteiger partial charge in [0.1, 0.15) is 0 Å². The molecule has 1 aromatic rings. The number of benzene rings is 1. The summed E-state index contributed by atoms with van der Waals surface area (Å²) in [5, 5.41) is 3.68. The van der Waals surface area contributed by atoms with Crippen molar-refractivity contribution in [2.45, 2.75) is 12.8 Å². The van der Waals surface area contributed by atoms with E-state index in [-0.39, 0.29) is 29.2 Å². The van der Waals surface area contributed by atoms with Crippen molar-refractivity contribution in [3.8, 4) is 0 Å². The summed E-state index contributed by atoms with van der Waals surface area (Å²) in [6, 6.07) is 5.04. The van der Waals surface area contributed by atoms with Crippen LogP contribution in [0, 0.1) is 0 Å². The molecule has 0 aliphatic carbocycles. The number of halogens is 3. The lowest BCUT2D eigenvalue weighted by Crippen LogP contribution is -2.50. The van der Waals surface area contributed by atoms with Crippen LogP contribution in [0.3, 0.4) is 0 Å². The molecule has 0 spiro atoms. The molecule has 5 nitrogen and oxygen atoms in total. The van der Waals surface area contributed by atoms with Gasteiger partial charge in [0.15, 0.2) is 0 Å². The van der Waals surface area contributed by atoms with Gasteiger partial charge in [0.25, 0.3) is 5.91 Å². The average molecular weight is 395 g/mol. The van der Waals surface area contributed by atoms with E-state index in [4.69, 9.17) is 23.2 Å². The Morgan fingerprint density at radius 1 is 1.12 bits per heavy atom. The molecule has 0 unspecified atom stereocenters. The maximum atomic E-state index is 12.5. The van der Waals surface area contributed by atoms with Crippen LogP contribution in [0.5, 0.6) is 0 Å². The zero-order chi connectivity index (χ0) is 16.8. The largest absolute Gasteiger partial charge is 0.339 e. The molecule has 1 N–H and O–H groups in total. The number of carbonyl (C=O) groups is 2. The van der Waals surface area contributed by atoms with Crippen molar-refractivity contribution >= 4 is 47.4 Å². The van der Waals surface area contributed by atoms with Crippen molar-refractivity contribution in [3.63, 3.8) is 0 Å². The number of hydrogen-bond acceptors (Lipinski definition) is 3. The SMILES string of the molecule is CNCCCC(=O)N1CCN(C(=O)c2cccc(Cl)c2Cl)CC1.Cl. The first-order chi connectivity index (χ1) is 11.0. The molecule has 1 aliphatic heterocycles. The second-order valence-electron chi connectivity index (χ2n) is 5.48. The van der Waals surface area contributed by atoms with Crippen molar-refractivity contribution in [3.05, 3.63) is 33.8 Å². The van der Waals surface area contributed by atoms with Gasteiger partial charge in [0.2, 0.25) is 5.91 Å². The minimum absolute atomic E-state index is 0. The molecule has 1 heterocycles. The fourth-order valence-electron chi connectivity index (χ4n) is 2.57. The summed E-state index contributed by atoms with van der Waals surface area (Å²) in [6.07, 6.45) is 1.36. The molecular weight excluding hydrogens is 373 g/mol. The van der Waals surface area contributed by atoms with Crippen LogP contribution in [0.2, 0.25) is 10.0 Å². The summed E-state index contributed by atoms with van der Waals surface area (Å²) in [6.45, 7) is 2.97. The van der Waals surface area contributed by atoms with Gasteiger partial charge in [-0.2, -0.15) is 0 Å². The molecule has 134 valence electrons. The van der Waals surface area contributed by atoms with Gasteiger partial charge in [-0.15, -0.1) is 12.4 Å². The van der Waals surface area contributed by atoms with E-state index in [2.05, 4.69) is 5.32 Å². The summed E-state index contributed by atoms with van der Waals surface area (Å²) < 4.78 is 0. The van der Waals surface area contributed by atoms with Crippen molar-refractivity contribution < 1.29 is 9.59 Å². The summed E-state index contributed by atoms with van der Waals surface area (Å²) in [5.41, 5.74) is 0.410. The second-order valence-corrected chi connectivity index (χ2v) is 6.27. The number of nitrogens with one attached hydrogen (secondary N) is 1. The summed E-state index contributed by atoms with van der Waals surface area (Å²) in [4.78, 5) is 28.1. The van der Waals surface area contributed by atoms with E-state index in [9.17, 15) is 9.59 Å². The van der Waals surface area contributed by atoms with Gasteiger partial charge in [-0.05, 0) is 32.1 Å². The normalized spacial score (nSPS) is 14.3. The number of rotatable bonds is 5. The topological polar surface area (TPSA) is 52.7 Å². The number of nitrogens with zero attached hydrogens (tertiary/aromatic N) is 2. The molecule has 2 rings (SSSR count). The molecule has 8 heteroatoms. The maximum Gasteiger partial charge on any atom is 0.255 e. The van der Waals surface area contributed by atoms with Gasteiger partial charge in [-0.1, -0.05) is 29.3 Å².